The van der Waals surface area contributed by atoms with E-state index in [2.05, 4.69) is 18.5 Å². The minimum Gasteiger partial charge on any atom is -0.486 e. The molecule has 6 heteroatoms. The van der Waals surface area contributed by atoms with E-state index < -0.39 is 11.7 Å². The maximum atomic E-state index is 11.8. The predicted octanol–water partition coefficient (Wildman–Crippen LogP) is 3.09. The summed E-state index contributed by atoms with van der Waals surface area (Å²) in [6.07, 6.45) is 6.25. The molecule has 0 spiro atoms. The SMILES string of the molecule is C=CCOCCNC1(Oc2ccc(C(=O)OC)cc2OCC=C)CCC1. The molecule has 1 saturated carbocycles. The van der Waals surface area contributed by atoms with Gasteiger partial charge in [0.1, 0.15) is 6.61 Å². The summed E-state index contributed by atoms with van der Waals surface area (Å²) in [4.78, 5) is 11.8. The van der Waals surface area contributed by atoms with Gasteiger partial charge in [-0.3, -0.25) is 5.32 Å². The highest BCUT2D eigenvalue weighted by molar-refractivity contribution is 5.90. The van der Waals surface area contributed by atoms with E-state index in [0.29, 0.717) is 43.4 Å². The molecule has 0 atom stereocenters. The van der Waals surface area contributed by atoms with Crippen LogP contribution in [0.4, 0.5) is 0 Å². The Kier molecular flexibility index (Phi) is 7.69. The van der Waals surface area contributed by atoms with Gasteiger partial charge < -0.3 is 18.9 Å². The van der Waals surface area contributed by atoms with Crippen LogP contribution in [0, 0.1) is 0 Å². The Morgan fingerprint density at radius 1 is 1.23 bits per heavy atom. The van der Waals surface area contributed by atoms with Crippen molar-refractivity contribution in [3.05, 3.63) is 49.1 Å². The Morgan fingerprint density at radius 2 is 2.00 bits per heavy atom. The molecule has 0 amide bonds. The third-order valence-corrected chi connectivity index (χ3v) is 4.12. The number of benzene rings is 1. The summed E-state index contributed by atoms with van der Waals surface area (Å²) in [5.41, 5.74) is -0.0243. The molecule has 1 aromatic carbocycles. The zero-order valence-electron chi connectivity index (χ0n) is 15.3. The fourth-order valence-corrected chi connectivity index (χ4v) is 2.64. The van der Waals surface area contributed by atoms with E-state index in [1.165, 1.54) is 7.11 Å². The van der Waals surface area contributed by atoms with Crippen molar-refractivity contribution in [2.24, 2.45) is 0 Å². The quantitative estimate of drug-likeness (QED) is 0.267. The van der Waals surface area contributed by atoms with E-state index in [1.54, 1.807) is 30.4 Å². The molecule has 0 saturated heterocycles. The number of carbonyl (C=O) groups is 1. The summed E-state index contributed by atoms with van der Waals surface area (Å²) in [7, 11) is 1.35. The topological polar surface area (TPSA) is 66.0 Å². The molecule has 1 fully saturated rings. The van der Waals surface area contributed by atoms with E-state index in [0.717, 1.165) is 19.3 Å². The van der Waals surface area contributed by atoms with Crippen molar-refractivity contribution in [3.63, 3.8) is 0 Å². The summed E-state index contributed by atoms with van der Waals surface area (Å²) >= 11 is 0. The summed E-state index contributed by atoms with van der Waals surface area (Å²) in [6, 6.07) is 5.03. The molecule has 2 rings (SSSR count). The van der Waals surface area contributed by atoms with E-state index in [9.17, 15) is 4.79 Å². The van der Waals surface area contributed by atoms with Gasteiger partial charge in [0, 0.05) is 19.4 Å². The van der Waals surface area contributed by atoms with Gasteiger partial charge in [-0.05, 0) is 24.6 Å². The van der Waals surface area contributed by atoms with Crippen LogP contribution < -0.4 is 14.8 Å². The van der Waals surface area contributed by atoms with Gasteiger partial charge >= 0.3 is 5.97 Å². The summed E-state index contributed by atoms with van der Waals surface area (Å²) in [6.45, 7) is 9.39. The second-order valence-corrected chi connectivity index (χ2v) is 5.99. The zero-order chi connectivity index (χ0) is 18.8. The predicted molar refractivity (Wildman–Crippen MR) is 99.7 cm³/mol. The van der Waals surface area contributed by atoms with Crippen molar-refractivity contribution in [1.82, 2.24) is 5.32 Å². The third-order valence-electron chi connectivity index (χ3n) is 4.12. The standard InChI is InChI=1S/C20H27NO5/c1-4-12-24-14-11-21-20(9-6-10-20)26-17-8-7-16(19(22)23-3)15-18(17)25-13-5-2/h4-5,7-8,15,21H,1-2,6,9-14H2,3H3. The molecule has 0 radical (unpaired) electrons. The maximum absolute atomic E-state index is 11.8. The van der Waals surface area contributed by atoms with Crippen LogP contribution in [0.2, 0.25) is 0 Å². The Bertz CT molecular complexity index is 625. The Labute approximate surface area is 154 Å². The van der Waals surface area contributed by atoms with Crippen LogP contribution >= 0.6 is 0 Å². The van der Waals surface area contributed by atoms with Gasteiger partial charge in [0.15, 0.2) is 17.2 Å². The Morgan fingerprint density at radius 3 is 2.62 bits per heavy atom. The molecule has 0 aromatic heterocycles. The molecule has 26 heavy (non-hydrogen) atoms. The number of nitrogens with one attached hydrogen (secondary N) is 1. The molecule has 1 N–H and O–H groups in total. The summed E-state index contributed by atoms with van der Waals surface area (Å²) in [5.74, 6) is 0.651. The van der Waals surface area contributed by atoms with Crippen LogP contribution in [0.3, 0.4) is 0 Å². The average molecular weight is 361 g/mol. The van der Waals surface area contributed by atoms with E-state index in [1.807, 2.05) is 0 Å². The Balaban J connectivity index is 2.08. The lowest BCUT2D eigenvalue weighted by molar-refractivity contribution is -0.0444. The van der Waals surface area contributed by atoms with E-state index >= 15 is 0 Å². The number of rotatable bonds is 12. The van der Waals surface area contributed by atoms with Crippen LogP contribution in [-0.4, -0.2) is 45.2 Å². The zero-order valence-corrected chi connectivity index (χ0v) is 15.3. The molecule has 0 bridgehead atoms. The highest BCUT2D eigenvalue weighted by Gasteiger charge is 2.39. The Hall–Kier alpha value is -2.31. The van der Waals surface area contributed by atoms with Crippen LogP contribution in [0.1, 0.15) is 29.6 Å². The van der Waals surface area contributed by atoms with Gasteiger partial charge in [-0.15, -0.1) is 6.58 Å². The molecule has 142 valence electrons. The van der Waals surface area contributed by atoms with Crippen LogP contribution in [0.25, 0.3) is 0 Å². The number of carbonyl (C=O) groups excluding carboxylic acids is 1. The van der Waals surface area contributed by atoms with Gasteiger partial charge in [0.2, 0.25) is 0 Å². The van der Waals surface area contributed by atoms with Crippen LogP contribution in [0.15, 0.2) is 43.5 Å². The second kappa shape index (κ2) is 9.99. The molecule has 0 unspecified atom stereocenters. The molecular formula is C20H27NO5. The van der Waals surface area contributed by atoms with Gasteiger partial charge in [-0.2, -0.15) is 0 Å². The van der Waals surface area contributed by atoms with E-state index in [4.69, 9.17) is 18.9 Å². The van der Waals surface area contributed by atoms with Crippen molar-refractivity contribution in [1.29, 1.82) is 0 Å². The second-order valence-electron chi connectivity index (χ2n) is 5.99. The number of methoxy groups -OCH3 is 1. The lowest BCUT2D eigenvalue weighted by Gasteiger charge is -2.42. The molecule has 1 aromatic rings. The van der Waals surface area contributed by atoms with Crippen molar-refractivity contribution < 1.29 is 23.7 Å². The highest BCUT2D eigenvalue weighted by atomic mass is 16.5. The highest BCUT2D eigenvalue weighted by Crippen LogP contribution is 2.38. The van der Waals surface area contributed by atoms with Gasteiger partial charge in [-0.25, -0.2) is 4.79 Å². The largest absolute Gasteiger partial charge is 0.486 e. The van der Waals surface area contributed by atoms with Crippen molar-refractivity contribution in [3.8, 4) is 11.5 Å². The molecular weight excluding hydrogens is 334 g/mol. The molecule has 6 nitrogen and oxygen atoms in total. The van der Waals surface area contributed by atoms with Crippen LogP contribution in [-0.2, 0) is 9.47 Å². The summed E-state index contributed by atoms with van der Waals surface area (Å²) < 4.78 is 22.1. The fraction of sp³-hybridized carbons (Fsp3) is 0.450. The fourth-order valence-electron chi connectivity index (χ4n) is 2.64. The van der Waals surface area contributed by atoms with E-state index in [-0.39, 0.29) is 0 Å². The lowest BCUT2D eigenvalue weighted by atomic mass is 9.88. The van der Waals surface area contributed by atoms with Crippen molar-refractivity contribution in [2.75, 3.05) is 33.5 Å². The molecule has 1 aliphatic carbocycles. The van der Waals surface area contributed by atoms with Crippen molar-refractivity contribution >= 4 is 5.97 Å². The van der Waals surface area contributed by atoms with Crippen molar-refractivity contribution in [2.45, 2.75) is 25.0 Å². The number of hydrogen-bond donors (Lipinski definition) is 1. The number of hydrogen-bond acceptors (Lipinski definition) is 6. The summed E-state index contributed by atoms with van der Waals surface area (Å²) in [5, 5.41) is 3.42. The minimum absolute atomic E-state index is 0.316. The maximum Gasteiger partial charge on any atom is 0.337 e. The monoisotopic (exact) mass is 361 g/mol. The first-order chi connectivity index (χ1) is 12.6. The third kappa shape index (κ3) is 5.34. The lowest BCUT2D eigenvalue weighted by Crippen LogP contribution is -2.56. The van der Waals surface area contributed by atoms with Gasteiger partial charge in [0.25, 0.3) is 0 Å². The molecule has 0 heterocycles. The number of esters is 1. The molecule has 1 aliphatic rings. The first-order valence-electron chi connectivity index (χ1n) is 8.73. The molecule has 0 aliphatic heterocycles. The minimum atomic E-state index is -0.434. The first-order valence-corrected chi connectivity index (χ1v) is 8.73. The average Bonchev–Trinajstić information content (AvgIpc) is 2.63. The number of ether oxygens (including phenoxy) is 4. The van der Waals surface area contributed by atoms with Gasteiger partial charge in [0.05, 0.1) is 25.9 Å². The smallest absolute Gasteiger partial charge is 0.337 e. The first kappa shape index (κ1) is 20.0. The normalized spacial score (nSPS) is 14.8. The van der Waals surface area contributed by atoms with Crippen LogP contribution in [0.5, 0.6) is 11.5 Å². The van der Waals surface area contributed by atoms with Gasteiger partial charge in [-0.1, -0.05) is 18.7 Å².